The number of hydrogen-bond acceptors (Lipinski definition) is 4. The lowest BCUT2D eigenvalue weighted by atomic mass is 10.1. The predicted octanol–water partition coefficient (Wildman–Crippen LogP) is 1.47. The minimum Gasteiger partial charge on any atom is -0.492 e. The summed E-state index contributed by atoms with van der Waals surface area (Å²) in [6.07, 6.45) is 0. The van der Waals surface area contributed by atoms with E-state index in [2.05, 4.69) is 16.8 Å². The molecule has 0 aliphatic carbocycles. The van der Waals surface area contributed by atoms with Crippen molar-refractivity contribution in [2.45, 2.75) is 13.0 Å². The number of rotatable bonds is 5. The first-order valence-corrected chi connectivity index (χ1v) is 7.15. The lowest BCUT2D eigenvalue weighted by molar-refractivity contribution is 0.133. The fourth-order valence-electron chi connectivity index (χ4n) is 2.37. The van der Waals surface area contributed by atoms with E-state index in [0.717, 1.165) is 38.3 Å². The summed E-state index contributed by atoms with van der Waals surface area (Å²) in [4.78, 5) is 4.68. The van der Waals surface area contributed by atoms with Crippen LogP contribution in [-0.2, 0) is 0 Å². The summed E-state index contributed by atoms with van der Waals surface area (Å²) >= 11 is 0. The van der Waals surface area contributed by atoms with Crippen LogP contribution in [0.15, 0.2) is 18.2 Å². The van der Waals surface area contributed by atoms with Crippen LogP contribution in [0.25, 0.3) is 0 Å². The number of ether oxygens (including phenoxy) is 1. The van der Waals surface area contributed by atoms with Gasteiger partial charge in [-0.15, -0.1) is 0 Å². The Labute approximate surface area is 120 Å². The zero-order valence-electron chi connectivity index (χ0n) is 12.3. The molecular formula is C15H24FN3O. The average molecular weight is 281 g/mol. The Kier molecular flexibility index (Phi) is 5.34. The summed E-state index contributed by atoms with van der Waals surface area (Å²) in [5.74, 6) is 0.276. The molecule has 2 rings (SSSR count). The molecule has 20 heavy (non-hydrogen) atoms. The molecule has 1 aromatic rings. The second-order valence-electron chi connectivity index (χ2n) is 5.46. The van der Waals surface area contributed by atoms with Gasteiger partial charge in [0.2, 0.25) is 0 Å². The molecule has 1 fully saturated rings. The molecule has 1 aromatic carbocycles. The van der Waals surface area contributed by atoms with Crippen molar-refractivity contribution in [2.24, 2.45) is 5.73 Å². The molecule has 0 unspecified atom stereocenters. The molecule has 0 aromatic heterocycles. The standard InChI is InChI=1S/C15H24FN3O/c1-12(17)14-4-3-13(16)11-15(14)20-10-9-19-7-5-18(2)6-8-19/h3-4,11-12H,5-10,17H2,1-2H3/t12-/m0/s1. The summed E-state index contributed by atoms with van der Waals surface area (Å²) in [5, 5.41) is 0. The number of benzene rings is 1. The molecule has 0 spiro atoms. The summed E-state index contributed by atoms with van der Waals surface area (Å²) in [5.41, 5.74) is 6.73. The maximum absolute atomic E-state index is 13.3. The SMILES string of the molecule is C[C@H](N)c1ccc(F)cc1OCCN1CCN(C)CC1. The lowest BCUT2D eigenvalue weighted by Gasteiger charge is -2.32. The number of nitrogens with zero attached hydrogens (tertiary/aromatic N) is 2. The van der Waals surface area contributed by atoms with Crippen LogP contribution in [0.5, 0.6) is 5.75 Å². The van der Waals surface area contributed by atoms with Crippen molar-refractivity contribution >= 4 is 0 Å². The highest BCUT2D eigenvalue weighted by molar-refractivity contribution is 5.36. The van der Waals surface area contributed by atoms with Crippen LogP contribution in [0.3, 0.4) is 0 Å². The quantitative estimate of drug-likeness (QED) is 0.887. The highest BCUT2D eigenvalue weighted by atomic mass is 19.1. The van der Waals surface area contributed by atoms with Gasteiger partial charge < -0.3 is 15.4 Å². The summed E-state index contributed by atoms with van der Waals surface area (Å²) in [6.45, 7) is 7.60. The first-order valence-electron chi connectivity index (χ1n) is 7.15. The average Bonchev–Trinajstić information content (AvgIpc) is 2.41. The zero-order valence-corrected chi connectivity index (χ0v) is 12.3. The lowest BCUT2D eigenvalue weighted by Crippen LogP contribution is -2.45. The number of hydrogen-bond donors (Lipinski definition) is 1. The zero-order chi connectivity index (χ0) is 14.5. The molecule has 1 aliphatic heterocycles. The van der Waals surface area contributed by atoms with Crippen molar-refractivity contribution in [1.82, 2.24) is 9.80 Å². The van der Waals surface area contributed by atoms with E-state index in [1.165, 1.54) is 12.1 Å². The van der Waals surface area contributed by atoms with E-state index >= 15 is 0 Å². The third-order valence-electron chi connectivity index (χ3n) is 3.73. The molecule has 2 N–H and O–H groups in total. The van der Waals surface area contributed by atoms with Crippen LogP contribution in [0.4, 0.5) is 4.39 Å². The van der Waals surface area contributed by atoms with Crippen LogP contribution in [0.1, 0.15) is 18.5 Å². The smallest absolute Gasteiger partial charge is 0.127 e. The molecule has 0 radical (unpaired) electrons. The van der Waals surface area contributed by atoms with Gasteiger partial charge in [0.25, 0.3) is 0 Å². The van der Waals surface area contributed by atoms with Crippen LogP contribution < -0.4 is 10.5 Å². The van der Waals surface area contributed by atoms with Crippen molar-refractivity contribution in [3.8, 4) is 5.75 Å². The molecule has 1 atom stereocenters. The Morgan fingerprint density at radius 3 is 2.65 bits per heavy atom. The second-order valence-corrected chi connectivity index (χ2v) is 5.46. The predicted molar refractivity (Wildman–Crippen MR) is 78.4 cm³/mol. The summed E-state index contributed by atoms with van der Waals surface area (Å²) in [6, 6.07) is 4.38. The molecule has 0 bridgehead atoms. The van der Waals surface area contributed by atoms with Gasteiger partial charge in [-0.05, 0) is 20.0 Å². The van der Waals surface area contributed by atoms with Gasteiger partial charge in [-0.3, -0.25) is 4.90 Å². The number of nitrogens with two attached hydrogens (primary N) is 1. The van der Waals surface area contributed by atoms with Crippen LogP contribution >= 0.6 is 0 Å². The molecule has 112 valence electrons. The van der Waals surface area contributed by atoms with Gasteiger partial charge in [-0.1, -0.05) is 6.07 Å². The first kappa shape index (κ1) is 15.2. The van der Waals surface area contributed by atoms with E-state index in [-0.39, 0.29) is 11.9 Å². The third kappa shape index (κ3) is 4.16. The Bertz CT molecular complexity index is 431. The topological polar surface area (TPSA) is 41.7 Å². The number of piperazine rings is 1. The largest absolute Gasteiger partial charge is 0.492 e. The van der Waals surface area contributed by atoms with Crippen molar-refractivity contribution in [1.29, 1.82) is 0 Å². The Morgan fingerprint density at radius 2 is 2.00 bits per heavy atom. The van der Waals surface area contributed by atoms with Crippen molar-refractivity contribution in [3.05, 3.63) is 29.6 Å². The maximum Gasteiger partial charge on any atom is 0.127 e. The van der Waals surface area contributed by atoms with Gasteiger partial charge in [0.15, 0.2) is 0 Å². The van der Waals surface area contributed by atoms with Crippen LogP contribution in [0.2, 0.25) is 0 Å². The monoisotopic (exact) mass is 281 g/mol. The summed E-state index contributed by atoms with van der Waals surface area (Å²) in [7, 11) is 2.13. The number of halogens is 1. The molecule has 1 aliphatic rings. The van der Waals surface area contributed by atoms with Gasteiger partial charge in [-0.2, -0.15) is 0 Å². The molecular weight excluding hydrogens is 257 g/mol. The fraction of sp³-hybridized carbons (Fsp3) is 0.600. The third-order valence-corrected chi connectivity index (χ3v) is 3.73. The normalized spacial score (nSPS) is 19.0. The fourth-order valence-corrected chi connectivity index (χ4v) is 2.37. The van der Waals surface area contributed by atoms with Crippen molar-refractivity contribution in [3.63, 3.8) is 0 Å². The first-order chi connectivity index (χ1) is 9.56. The highest BCUT2D eigenvalue weighted by Gasteiger charge is 2.14. The van der Waals surface area contributed by atoms with Gasteiger partial charge in [0, 0.05) is 50.4 Å². The van der Waals surface area contributed by atoms with E-state index in [4.69, 9.17) is 10.5 Å². The molecule has 1 heterocycles. The van der Waals surface area contributed by atoms with Gasteiger partial charge in [0.1, 0.15) is 18.2 Å². The Balaban J connectivity index is 1.86. The Hall–Kier alpha value is -1.17. The van der Waals surface area contributed by atoms with Crippen molar-refractivity contribution < 1.29 is 9.13 Å². The second kappa shape index (κ2) is 7.02. The van der Waals surface area contributed by atoms with Crippen LogP contribution in [0, 0.1) is 5.82 Å². The highest BCUT2D eigenvalue weighted by Crippen LogP contribution is 2.24. The Morgan fingerprint density at radius 1 is 1.30 bits per heavy atom. The summed E-state index contributed by atoms with van der Waals surface area (Å²) < 4.78 is 19.0. The van der Waals surface area contributed by atoms with E-state index in [1.807, 2.05) is 6.92 Å². The number of likely N-dealkylation sites (N-methyl/N-ethyl adjacent to an activating group) is 1. The van der Waals surface area contributed by atoms with Crippen LogP contribution in [-0.4, -0.2) is 56.2 Å². The van der Waals surface area contributed by atoms with E-state index in [1.54, 1.807) is 6.07 Å². The molecule has 0 saturated carbocycles. The van der Waals surface area contributed by atoms with Gasteiger partial charge >= 0.3 is 0 Å². The molecule has 4 nitrogen and oxygen atoms in total. The molecule has 1 saturated heterocycles. The van der Waals surface area contributed by atoms with Crippen molar-refractivity contribution in [2.75, 3.05) is 46.4 Å². The van der Waals surface area contributed by atoms with Gasteiger partial charge in [-0.25, -0.2) is 4.39 Å². The minimum absolute atomic E-state index is 0.158. The van der Waals surface area contributed by atoms with E-state index in [9.17, 15) is 4.39 Å². The minimum atomic E-state index is -0.288. The van der Waals surface area contributed by atoms with Gasteiger partial charge in [0.05, 0.1) is 0 Å². The van der Waals surface area contributed by atoms with E-state index in [0.29, 0.717) is 12.4 Å². The molecule has 0 amide bonds. The molecule has 5 heteroatoms. The maximum atomic E-state index is 13.3. The van der Waals surface area contributed by atoms with E-state index < -0.39 is 0 Å².